The molecule has 0 aliphatic carbocycles. The van der Waals surface area contributed by atoms with Gasteiger partial charge in [0.25, 0.3) is 0 Å². The fourth-order valence-corrected chi connectivity index (χ4v) is 2.66. The van der Waals surface area contributed by atoms with Crippen molar-refractivity contribution in [2.24, 2.45) is 0 Å². The van der Waals surface area contributed by atoms with Gasteiger partial charge in [0.1, 0.15) is 0 Å². The van der Waals surface area contributed by atoms with Crippen molar-refractivity contribution in [3.8, 4) is 6.07 Å². The highest BCUT2D eigenvalue weighted by molar-refractivity contribution is 7.09. The largest absolute Gasteiger partial charge is 0.225 e. The van der Waals surface area contributed by atoms with Gasteiger partial charge in [-0.15, -0.1) is 16.4 Å². The van der Waals surface area contributed by atoms with Gasteiger partial charge in [-0.05, 0) is 39.6 Å². The van der Waals surface area contributed by atoms with Crippen molar-refractivity contribution in [1.29, 1.82) is 5.26 Å². The van der Waals surface area contributed by atoms with Gasteiger partial charge >= 0.3 is 0 Å². The van der Waals surface area contributed by atoms with E-state index in [9.17, 15) is 0 Å². The Morgan fingerprint density at radius 3 is 3.00 bits per heavy atom. The topological polar surface area (TPSA) is 67.4 Å². The molecule has 3 aromatic rings. The third kappa shape index (κ3) is 2.73. The molecule has 0 amide bonds. The van der Waals surface area contributed by atoms with Crippen molar-refractivity contribution in [3.63, 3.8) is 0 Å². The first-order valence-electron chi connectivity index (χ1n) is 6.11. The van der Waals surface area contributed by atoms with Crippen molar-refractivity contribution in [2.75, 3.05) is 0 Å². The Morgan fingerprint density at radius 1 is 1.25 bits per heavy atom. The Morgan fingerprint density at radius 2 is 2.20 bits per heavy atom. The highest BCUT2D eigenvalue weighted by Crippen LogP contribution is 2.14. The van der Waals surface area contributed by atoms with Gasteiger partial charge in [-0.2, -0.15) is 5.26 Å². The summed E-state index contributed by atoms with van der Waals surface area (Å²) in [4.78, 5) is 1.23. The third-order valence-corrected chi connectivity index (χ3v) is 3.78. The van der Waals surface area contributed by atoms with Crippen molar-refractivity contribution in [2.45, 2.75) is 13.0 Å². The number of nitrogens with zero attached hydrogens (tertiary/aromatic N) is 5. The van der Waals surface area contributed by atoms with E-state index in [1.807, 2.05) is 29.6 Å². The van der Waals surface area contributed by atoms with Gasteiger partial charge in [0, 0.05) is 11.3 Å². The van der Waals surface area contributed by atoms with E-state index in [1.54, 1.807) is 22.1 Å². The van der Waals surface area contributed by atoms with Crippen LogP contribution in [0.5, 0.6) is 0 Å². The zero-order chi connectivity index (χ0) is 13.8. The molecule has 0 N–H and O–H groups in total. The van der Waals surface area contributed by atoms with Crippen molar-refractivity contribution < 1.29 is 0 Å². The van der Waals surface area contributed by atoms with E-state index in [1.165, 1.54) is 4.88 Å². The molecule has 3 rings (SSSR count). The summed E-state index contributed by atoms with van der Waals surface area (Å²) >= 11 is 1.69. The first-order chi connectivity index (χ1) is 9.85. The second-order valence-corrected chi connectivity index (χ2v) is 5.35. The van der Waals surface area contributed by atoms with Crippen molar-refractivity contribution >= 4 is 11.3 Å². The predicted octanol–water partition coefficient (Wildman–Crippen LogP) is 2.25. The maximum Gasteiger partial charge on any atom is 0.156 e. The van der Waals surface area contributed by atoms with E-state index in [2.05, 4.69) is 27.7 Å². The first kappa shape index (κ1) is 12.5. The van der Waals surface area contributed by atoms with Crippen molar-refractivity contribution in [1.82, 2.24) is 20.2 Å². The molecule has 98 valence electrons. The molecule has 0 bridgehead atoms. The van der Waals surface area contributed by atoms with Gasteiger partial charge in [0.05, 0.1) is 18.2 Å². The molecule has 0 aliphatic rings. The van der Waals surface area contributed by atoms with E-state index in [-0.39, 0.29) is 0 Å². The second kappa shape index (κ2) is 5.63. The number of hydrogen-bond acceptors (Lipinski definition) is 5. The van der Waals surface area contributed by atoms with Crippen LogP contribution in [0.2, 0.25) is 0 Å². The molecule has 0 saturated heterocycles. The highest BCUT2D eigenvalue weighted by atomic mass is 32.1. The Labute approximate surface area is 120 Å². The predicted molar refractivity (Wildman–Crippen MR) is 75.2 cm³/mol. The fraction of sp³-hybridized carbons (Fsp3) is 0.143. The maximum absolute atomic E-state index is 8.92. The number of aromatic nitrogens is 4. The molecule has 1 aromatic carbocycles. The number of benzene rings is 1. The normalized spacial score (nSPS) is 10.3. The molecule has 0 radical (unpaired) electrons. The monoisotopic (exact) mass is 281 g/mol. The molecular formula is C14H11N5S. The molecule has 0 aliphatic heterocycles. The minimum Gasteiger partial charge on any atom is -0.225 e. The van der Waals surface area contributed by atoms with Crippen LogP contribution in [0.25, 0.3) is 0 Å². The zero-order valence-corrected chi connectivity index (χ0v) is 11.4. The second-order valence-electron chi connectivity index (χ2n) is 4.32. The van der Waals surface area contributed by atoms with Crippen LogP contribution in [0, 0.1) is 11.3 Å². The van der Waals surface area contributed by atoms with Crippen LogP contribution >= 0.6 is 11.3 Å². The summed E-state index contributed by atoms with van der Waals surface area (Å²) in [5, 5.41) is 22.8. The van der Waals surface area contributed by atoms with Crippen LogP contribution < -0.4 is 0 Å². The molecule has 0 saturated carbocycles. The molecule has 5 nitrogen and oxygen atoms in total. The Balaban J connectivity index is 1.81. The number of nitriles is 1. The van der Waals surface area contributed by atoms with Crippen LogP contribution in [-0.2, 0) is 13.0 Å². The summed E-state index contributed by atoms with van der Waals surface area (Å²) in [6.45, 7) is 0.573. The van der Waals surface area contributed by atoms with E-state index >= 15 is 0 Å². The first-order valence-corrected chi connectivity index (χ1v) is 6.99. The van der Waals surface area contributed by atoms with Crippen LogP contribution in [-0.4, -0.2) is 20.2 Å². The number of thiophene rings is 1. The molecule has 0 unspecified atom stereocenters. The molecule has 0 spiro atoms. The number of tetrazole rings is 1. The van der Waals surface area contributed by atoms with Gasteiger partial charge in [-0.1, -0.05) is 18.2 Å². The average Bonchev–Trinajstić information content (AvgIpc) is 3.12. The third-order valence-electron chi connectivity index (χ3n) is 2.91. The fourth-order valence-electron chi connectivity index (χ4n) is 1.95. The lowest BCUT2D eigenvalue weighted by molar-refractivity contribution is 0.626. The summed E-state index contributed by atoms with van der Waals surface area (Å²) in [6.07, 6.45) is 0.725. The lowest BCUT2D eigenvalue weighted by Gasteiger charge is -2.04. The van der Waals surface area contributed by atoms with Crippen LogP contribution in [0.15, 0.2) is 41.8 Å². The highest BCUT2D eigenvalue weighted by Gasteiger charge is 2.08. The lowest BCUT2D eigenvalue weighted by Crippen LogP contribution is -2.07. The Kier molecular flexibility index (Phi) is 3.52. The minimum atomic E-state index is 0.573. The van der Waals surface area contributed by atoms with Crippen LogP contribution in [0.3, 0.4) is 0 Å². The Hall–Kier alpha value is -2.52. The van der Waals surface area contributed by atoms with E-state index in [0.717, 1.165) is 17.8 Å². The van der Waals surface area contributed by atoms with Gasteiger partial charge in [-0.25, -0.2) is 4.68 Å². The van der Waals surface area contributed by atoms with E-state index in [0.29, 0.717) is 12.1 Å². The number of rotatable bonds is 4. The van der Waals surface area contributed by atoms with Crippen molar-refractivity contribution in [3.05, 3.63) is 63.6 Å². The summed E-state index contributed by atoms with van der Waals surface area (Å²) < 4.78 is 1.77. The maximum atomic E-state index is 8.92. The summed E-state index contributed by atoms with van der Waals surface area (Å²) in [5.41, 5.74) is 1.67. The van der Waals surface area contributed by atoms with Gasteiger partial charge in [0.2, 0.25) is 0 Å². The smallest absolute Gasteiger partial charge is 0.156 e. The van der Waals surface area contributed by atoms with E-state index in [4.69, 9.17) is 5.26 Å². The van der Waals surface area contributed by atoms with Crippen LogP contribution in [0.1, 0.15) is 21.8 Å². The van der Waals surface area contributed by atoms with E-state index < -0.39 is 0 Å². The molecule has 6 heteroatoms. The lowest BCUT2D eigenvalue weighted by atomic mass is 10.1. The molecule has 20 heavy (non-hydrogen) atoms. The molecule has 2 aromatic heterocycles. The SMILES string of the molecule is N#Cc1cccc(Cn2nnnc2Cc2cccs2)c1. The summed E-state index contributed by atoms with van der Waals surface area (Å²) in [6, 6.07) is 13.7. The van der Waals surface area contributed by atoms with Gasteiger partial charge < -0.3 is 0 Å². The van der Waals surface area contributed by atoms with Gasteiger partial charge in [0.15, 0.2) is 5.82 Å². The molecule has 0 fully saturated rings. The summed E-state index contributed by atoms with van der Waals surface area (Å²) in [5.74, 6) is 0.829. The number of hydrogen-bond donors (Lipinski definition) is 0. The minimum absolute atomic E-state index is 0.573. The quantitative estimate of drug-likeness (QED) is 0.735. The molecule has 2 heterocycles. The molecule has 0 atom stereocenters. The standard InChI is InChI=1S/C14H11N5S/c15-9-11-3-1-4-12(7-11)10-19-14(16-17-18-19)8-13-5-2-6-20-13/h1-7H,8,10H2. The Bertz CT molecular complexity index is 739. The van der Waals surface area contributed by atoms with Gasteiger partial charge in [-0.3, -0.25) is 0 Å². The zero-order valence-electron chi connectivity index (χ0n) is 10.6. The average molecular weight is 281 g/mol. The summed E-state index contributed by atoms with van der Waals surface area (Å²) in [7, 11) is 0. The van der Waals surface area contributed by atoms with Crippen LogP contribution in [0.4, 0.5) is 0 Å². The molecular weight excluding hydrogens is 270 g/mol.